The third-order valence-corrected chi connectivity index (χ3v) is 3.80. The van der Waals surface area contributed by atoms with Crippen LogP contribution < -0.4 is 0 Å². The molecule has 1 aromatic heterocycles. The van der Waals surface area contributed by atoms with E-state index < -0.39 is 0 Å². The summed E-state index contributed by atoms with van der Waals surface area (Å²) in [6, 6.07) is 10.4. The van der Waals surface area contributed by atoms with Crippen LogP contribution in [0.5, 0.6) is 0 Å². The minimum atomic E-state index is 0.233. The van der Waals surface area contributed by atoms with E-state index in [0.717, 1.165) is 25.9 Å². The number of aromatic nitrogens is 3. The van der Waals surface area contributed by atoms with Gasteiger partial charge in [0.05, 0.1) is 12.2 Å². The first-order valence-corrected chi connectivity index (χ1v) is 7.00. The summed E-state index contributed by atoms with van der Waals surface area (Å²) >= 11 is 0. The number of carbonyl (C=O) groups is 1. The number of carbonyl (C=O) groups excluding carboxylic acids is 1. The number of nitrogens with zero attached hydrogens (tertiary/aromatic N) is 4. The largest absolute Gasteiger partial charge is 0.340 e. The lowest BCUT2D eigenvalue weighted by Gasteiger charge is -2.16. The number of aryl methyl sites for hydroxylation is 1. The van der Waals surface area contributed by atoms with Gasteiger partial charge in [0.1, 0.15) is 0 Å². The van der Waals surface area contributed by atoms with Crippen molar-refractivity contribution in [1.82, 2.24) is 19.9 Å². The summed E-state index contributed by atoms with van der Waals surface area (Å²) in [7, 11) is 0. The lowest BCUT2D eigenvalue weighted by Crippen LogP contribution is -2.29. The highest BCUT2D eigenvalue weighted by atomic mass is 16.2. The Hall–Kier alpha value is -2.17. The summed E-state index contributed by atoms with van der Waals surface area (Å²) in [5.41, 5.74) is 1.22. The predicted octanol–water partition coefficient (Wildman–Crippen LogP) is 1.68. The second-order valence-electron chi connectivity index (χ2n) is 5.15. The molecule has 0 radical (unpaired) electrons. The Morgan fingerprint density at radius 1 is 1.30 bits per heavy atom. The third-order valence-electron chi connectivity index (χ3n) is 3.80. The summed E-state index contributed by atoms with van der Waals surface area (Å²) in [5.74, 6) is 0.233. The van der Waals surface area contributed by atoms with Crippen molar-refractivity contribution in [2.24, 2.45) is 0 Å². The van der Waals surface area contributed by atoms with E-state index in [2.05, 4.69) is 22.4 Å². The second-order valence-corrected chi connectivity index (χ2v) is 5.15. The van der Waals surface area contributed by atoms with Gasteiger partial charge in [-0.2, -0.15) is 0 Å². The first-order valence-electron chi connectivity index (χ1n) is 7.00. The molecule has 20 heavy (non-hydrogen) atoms. The second kappa shape index (κ2) is 5.86. The van der Waals surface area contributed by atoms with Crippen LogP contribution in [0.1, 0.15) is 24.4 Å². The van der Waals surface area contributed by atoms with E-state index in [9.17, 15) is 4.79 Å². The van der Waals surface area contributed by atoms with E-state index >= 15 is 0 Å². The van der Waals surface area contributed by atoms with Crippen molar-refractivity contribution in [3.05, 3.63) is 48.3 Å². The van der Waals surface area contributed by atoms with Gasteiger partial charge >= 0.3 is 0 Å². The van der Waals surface area contributed by atoms with Crippen molar-refractivity contribution in [3.63, 3.8) is 0 Å². The standard InChI is InChI=1S/C15H18N4O/c20-15(7-6-13-4-2-1-3-5-13)18-10-8-14(12-18)19-11-9-16-17-19/h1-5,9,11,14H,6-8,10,12H2. The zero-order valence-electron chi connectivity index (χ0n) is 11.4. The molecule has 2 heterocycles. The van der Waals surface area contributed by atoms with Gasteiger partial charge in [0.25, 0.3) is 0 Å². The number of likely N-dealkylation sites (tertiary alicyclic amines) is 1. The monoisotopic (exact) mass is 270 g/mol. The highest BCUT2D eigenvalue weighted by molar-refractivity contribution is 5.76. The van der Waals surface area contributed by atoms with Gasteiger partial charge in [-0.3, -0.25) is 4.79 Å². The molecule has 1 atom stereocenters. The molecule has 1 aliphatic heterocycles. The Morgan fingerprint density at radius 2 is 2.15 bits per heavy atom. The SMILES string of the molecule is O=C(CCc1ccccc1)N1CCC(n2ccnn2)C1. The van der Waals surface area contributed by atoms with Gasteiger partial charge < -0.3 is 4.90 Å². The smallest absolute Gasteiger partial charge is 0.222 e. The van der Waals surface area contributed by atoms with Crippen LogP contribution in [-0.4, -0.2) is 38.9 Å². The van der Waals surface area contributed by atoms with E-state index in [0.29, 0.717) is 6.42 Å². The predicted molar refractivity (Wildman–Crippen MR) is 75.0 cm³/mol. The van der Waals surface area contributed by atoms with E-state index in [1.54, 1.807) is 6.20 Å². The molecule has 1 aliphatic rings. The Labute approximate surface area is 118 Å². The molecule has 5 nitrogen and oxygen atoms in total. The maximum absolute atomic E-state index is 12.2. The maximum atomic E-state index is 12.2. The molecule has 5 heteroatoms. The topological polar surface area (TPSA) is 51.0 Å². The van der Waals surface area contributed by atoms with Crippen molar-refractivity contribution in [3.8, 4) is 0 Å². The highest BCUT2D eigenvalue weighted by Gasteiger charge is 2.27. The minimum Gasteiger partial charge on any atom is -0.340 e. The Morgan fingerprint density at radius 3 is 2.90 bits per heavy atom. The fourth-order valence-electron chi connectivity index (χ4n) is 2.65. The van der Waals surface area contributed by atoms with Gasteiger partial charge in [-0.05, 0) is 18.4 Å². The van der Waals surface area contributed by atoms with Gasteiger partial charge in [-0.1, -0.05) is 35.5 Å². The molecule has 0 aliphatic carbocycles. The van der Waals surface area contributed by atoms with Crippen LogP contribution in [0.15, 0.2) is 42.7 Å². The summed E-state index contributed by atoms with van der Waals surface area (Å²) in [4.78, 5) is 14.2. The zero-order chi connectivity index (χ0) is 13.8. The van der Waals surface area contributed by atoms with E-state index in [1.807, 2.05) is 34.0 Å². The molecule has 1 unspecified atom stereocenters. The average molecular weight is 270 g/mol. The molecule has 1 amide bonds. The quantitative estimate of drug-likeness (QED) is 0.849. The van der Waals surface area contributed by atoms with E-state index in [-0.39, 0.29) is 11.9 Å². The number of rotatable bonds is 4. The molecule has 2 aromatic rings. The zero-order valence-corrected chi connectivity index (χ0v) is 11.4. The van der Waals surface area contributed by atoms with Crippen molar-refractivity contribution in [2.45, 2.75) is 25.3 Å². The van der Waals surface area contributed by atoms with Crippen LogP contribution in [-0.2, 0) is 11.2 Å². The van der Waals surface area contributed by atoms with Crippen molar-refractivity contribution >= 4 is 5.91 Å². The molecule has 0 saturated carbocycles. The van der Waals surface area contributed by atoms with Gasteiger partial charge in [0.2, 0.25) is 5.91 Å². The molecule has 0 N–H and O–H groups in total. The lowest BCUT2D eigenvalue weighted by atomic mass is 10.1. The van der Waals surface area contributed by atoms with Crippen molar-refractivity contribution < 1.29 is 4.79 Å². The van der Waals surface area contributed by atoms with Crippen LogP contribution in [0.2, 0.25) is 0 Å². The summed E-state index contributed by atoms with van der Waals surface area (Å²) in [6.45, 7) is 1.56. The molecule has 1 saturated heterocycles. The number of hydrogen-bond acceptors (Lipinski definition) is 3. The Bertz CT molecular complexity index is 553. The minimum absolute atomic E-state index is 0.233. The molecule has 3 rings (SSSR count). The molecular weight excluding hydrogens is 252 g/mol. The normalized spacial score (nSPS) is 18.4. The van der Waals surface area contributed by atoms with Gasteiger partial charge in [0.15, 0.2) is 0 Å². The number of amides is 1. The first kappa shape index (κ1) is 12.8. The summed E-state index contributed by atoms with van der Waals surface area (Å²) in [5, 5.41) is 7.84. The van der Waals surface area contributed by atoms with Crippen LogP contribution in [0.4, 0.5) is 0 Å². The lowest BCUT2D eigenvalue weighted by molar-refractivity contribution is -0.130. The molecule has 0 bridgehead atoms. The number of hydrogen-bond donors (Lipinski definition) is 0. The fourth-order valence-corrected chi connectivity index (χ4v) is 2.65. The molecular formula is C15H18N4O. The molecule has 1 fully saturated rings. The Kier molecular flexibility index (Phi) is 3.76. The average Bonchev–Trinajstić information content (AvgIpc) is 3.16. The van der Waals surface area contributed by atoms with Crippen LogP contribution in [0.3, 0.4) is 0 Å². The number of benzene rings is 1. The van der Waals surface area contributed by atoms with Crippen molar-refractivity contribution in [2.75, 3.05) is 13.1 Å². The molecule has 1 aromatic carbocycles. The summed E-state index contributed by atoms with van der Waals surface area (Å²) < 4.78 is 1.85. The van der Waals surface area contributed by atoms with Crippen LogP contribution >= 0.6 is 0 Å². The summed E-state index contributed by atoms with van der Waals surface area (Å²) in [6.07, 6.45) is 5.89. The van der Waals surface area contributed by atoms with E-state index in [1.165, 1.54) is 5.56 Å². The maximum Gasteiger partial charge on any atom is 0.222 e. The van der Waals surface area contributed by atoms with Crippen LogP contribution in [0, 0.1) is 0 Å². The third kappa shape index (κ3) is 2.87. The molecule has 104 valence electrons. The van der Waals surface area contributed by atoms with E-state index in [4.69, 9.17) is 0 Å². The first-order chi connectivity index (χ1) is 9.83. The fraction of sp³-hybridized carbons (Fsp3) is 0.400. The van der Waals surface area contributed by atoms with Crippen LogP contribution in [0.25, 0.3) is 0 Å². The highest BCUT2D eigenvalue weighted by Crippen LogP contribution is 2.21. The molecule has 0 spiro atoms. The Balaban J connectivity index is 1.51. The van der Waals surface area contributed by atoms with Gasteiger partial charge in [-0.15, -0.1) is 5.10 Å². The van der Waals surface area contributed by atoms with Gasteiger partial charge in [0, 0.05) is 25.7 Å². The van der Waals surface area contributed by atoms with Gasteiger partial charge in [-0.25, -0.2) is 4.68 Å². The van der Waals surface area contributed by atoms with Crippen molar-refractivity contribution in [1.29, 1.82) is 0 Å².